The zero-order valence-corrected chi connectivity index (χ0v) is 14.3. The van der Waals surface area contributed by atoms with Crippen molar-refractivity contribution in [3.8, 4) is 5.75 Å². The number of hydrogen-bond acceptors (Lipinski definition) is 3. The van der Waals surface area contributed by atoms with E-state index >= 15 is 0 Å². The number of ether oxygens (including phenoxy) is 1. The van der Waals surface area contributed by atoms with E-state index in [1.165, 1.54) is 5.56 Å². The van der Waals surface area contributed by atoms with Crippen LogP contribution in [-0.2, 0) is 22.2 Å². The van der Waals surface area contributed by atoms with E-state index in [1.54, 1.807) is 0 Å². The molecule has 0 saturated carbocycles. The van der Waals surface area contributed by atoms with Gasteiger partial charge in [-0.1, -0.05) is 47.6 Å². The molecule has 0 aliphatic carbocycles. The number of hydrogen-bond donors (Lipinski definition) is 2. The van der Waals surface area contributed by atoms with Gasteiger partial charge in [-0.2, -0.15) is 0 Å². The highest BCUT2D eigenvalue weighted by Gasteiger charge is 2.24. The predicted octanol–water partition coefficient (Wildman–Crippen LogP) is 3.89. The fraction of sp³-hybridized carbons (Fsp3) is 0.667. The average Bonchev–Trinajstić information content (AvgIpc) is 2.33. The van der Waals surface area contributed by atoms with Crippen molar-refractivity contribution in [2.45, 2.75) is 65.4 Å². The Bertz CT molecular complexity index is 465. The van der Waals surface area contributed by atoms with Crippen LogP contribution in [0.15, 0.2) is 12.1 Å². The number of aromatic hydroxyl groups is 1. The standard InChI is InChI=1S/C18H30O3/c1-17(2,3)14-10-13(12-21-9-7-8-19)16(20)15(11-14)18(4,5)6/h10-11,19-20H,7-9,12H2,1-6H3. The van der Waals surface area contributed by atoms with Gasteiger partial charge in [0.25, 0.3) is 0 Å². The van der Waals surface area contributed by atoms with Crippen molar-refractivity contribution >= 4 is 0 Å². The zero-order chi connectivity index (χ0) is 16.3. The predicted molar refractivity (Wildman–Crippen MR) is 86.9 cm³/mol. The summed E-state index contributed by atoms with van der Waals surface area (Å²) in [7, 11) is 0. The van der Waals surface area contributed by atoms with Crippen molar-refractivity contribution in [1.29, 1.82) is 0 Å². The monoisotopic (exact) mass is 294 g/mol. The van der Waals surface area contributed by atoms with Gasteiger partial charge in [0.15, 0.2) is 0 Å². The maximum atomic E-state index is 10.5. The third-order valence-corrected chi connectivity index (χ3v) is 3.57. The molecule has 0 aliphatic rings. The van der Waals surface area contributed by atoms with Crippen LogP contribution >= 0.6 is 0 Å². The van der Waals surface area contributed by atoms with E-state index in [4.69, 9.17) is 9.84 Å². The van der Waals surface area contributed by atoms with Gasteiger partial charge in [0, 0.05) is 18.8 Å². The SMILES string of the molecule is CC(C)(C)c1cc(COCCCO)c(O)c(C(C)(C)C)c1. The first-order chi connectivity index (χ1) is 9.57. The summed E-state index contributed by atoms with van der Waals surface area (Å²) in [6.07, 6.45) is 0.617. The molecular formula is C18H30O3. The molecule has 120 valence electrons. The highest BCUT2D eigenvalue weighted by Crippen LogP contribution is 2.37. The Balaban J connectivity index is 3.16. The Morgan fingerprint density at radius 3 is 2.10 bits per heavy atom. The summed E-state index contributed by atoms with van der Waals surface area (Å²) in [6.45, 7) is 13.8. The molecule has 0 aromatic heterocycles. The Kier molecular flexibility index (Phi) is 5.83. The normalized spacial score (nSPS) is 12.7. The molecule has 0 aliphatic heterocycles. The van der Waals surface area contributed by atoms with Crippen LogP contribution in [0.3, 0.4) is 0 Å². The molecular weight excluding hydrogens is 264 g/mol. The molecule has 3 nitrogen and oxygen atoms in total. The van der Waals surface area contributed by atoms with Crippen LogP contribution in [-0.4, -0.2) is 23.4 Å². The molecule has 2 N–H and O–H groups in total. The summed E-state index contributed by atoms with van der Waals surface area (Å²) in [5.41, 5.74) is 2.88. The first-order valence-corrected chi connectivity index (χ1v) is 7.63. The van der Waals surface area contributed by atoms with Crippen LogP contribution in [0.4, 0.5) is 0 Å². The fourth-order valence-electron chi connectivity index (χ4n) is 2.16. The Morgan fingerprint density at radius 2 is 1.62 bits per heavy atom. The minimum atomic E-state index is -0.120. The number of aliphatic hydroxyl groups excluding tert-OH is 1. The van der Waals surface area contributed by atoms with Crippen LogP contribution in [0, 0.1) is 0 Å². The Morgan fingerprint density at radius 1 is 1.00 bits per heavy atom. The number of phenolic OH excluding ortho intramolecular Hbond substituents is 1. The van der Waals surface area contributed by atoms with Crippen LogP contribution in [0.25, 0.3) is 0 Å². The van der Waals surface area contributed by atoms with E-state index in [0.29, 0.717) is 25.4 Å². The van der Waals surface area contributed by atoms with Gasteiger partial charge >= 0.3 is 0 Å². The smallest absolute Gasteiger partial charge is 0.124 e. The maximum Gasteiger partial charge on any atom is 0.124 e. The lowest BCUT2D eigenvalue weighted by Crippen LogP contribution is -2.17. The molecule has 1 aromatic rings. The van der Waals surface area contributed by atoms with E-state index < -0.39 is 0 Å². The second kappa shape index (κ2) is 6.80. The molecule has 0 atom stereocenters. The van der Waals surface area contributed by atoms with Crippen molar-refractivity contribution in [3.05, 3.63) is 28.8 Å². The second-order valence-corrected chi connectivity index (χ2v) is 7.66. The van der Waals surface area contributed by atoms with Gasteiger partial charge in [-0.25, -0.2) is 0 Å². The first-order valence-electron chi connectivity index (χ1n) is 7.63. The topological polar surface area (TPSA) is 49.7 Å². The number of aliphatic hydroxyl groups is 1. The van der Waals surface area contributed by atoms with E-state index in [-0.39, 0.29) is 17.4 Å². The molecule has 3 heteroatoms. The summed E-state index contributed by atoms with van der Waals surface area (Å²) in [5, 5.41) is 19.3. The summed E-state index contributed by atoms with van der Waals surface area (Å²) in [4.78, 5) is 0. The lowest BCUT2D eigenvalue weighted by molar-refractivity contribution is 0.102. The molecule has 0 bridgehead atoms. The summed E-state index contributed by atoms with van der Waals surface area (Å²) < 4.78 is 5.56. The van der Waals surface area contributed by atoms with Crippen LogP contribution in [0.1, 0.15) is 64.7 Å². The molecule has 21 heavy (non-hydrogen) atoms. The average molecular weight is 294 g/mol. The zero-order valence-electron chi connectivity index (χ0n) is 14.3. The molecule has 1 aromatic carbocycles. The van der Waals surface area contributed by atoms with Crippen molar-refractivity contribution in [2.24, 2.45) is 0 Å². The Labute approximate surface area is 129 Å². The fourth-order valence-corrected chi connectivity index (χ4v) is 2.16. The summed E-state index contributed by atoms with van der Waals surface area (Å²) in [6, 6.07) is 4.13. The largest absolute Gasteiger partial charge is 0.507 e. The van der Waals surface area contributed by atoms with E-state index in [2.05, 4.69) is 47.6 Å². The molecule has 1 rings (SSSR count). The first kappa shape index (κ1) is 18.0. The lowest BCUT2D eigenvalue weighted by atomic mass is 9.79. The minimum absolute atomic E-state index is 0.0214. The summed E-state index contributed by atoms with van der Waals surface area (Å²) >= 11 is 0. The maximum absolute atomic E-state index is 10.5. The lowest BCUT2D eigenvalue weighted by Gasteiger charge is -2.27. The van der Waals surface area contributed by atoms with Gasteiger partial charge in [0.1, 0.15) is 5.75 Å². The summed E-state index contributed by atoms with van der Waals surface area (Å²) in [5.74, 6) is 0.333. The molecule has 0 radical (unpaired) electrons. The van der Waals surface area contributed by atoms with Crippen LogP contribution in [0.5, 0.6) is 5.75 Å². The minimum Gasteiger partial charge on any atom is -0.507 e. The molecule has 0 heterocycles. The highest BCUT2D eigenvalue weighted by molar-refractivity contribution is 5.48. The number of benzene rings is 1. The second-order valence-electron chi connectivity index (χ2n) is 7.66. The van der Waals surface area contributed by atoms with E-state index in [9.17, 15) is 5.11 Å². The highest BCUT2D eigenvalue weighted by atomic mass is 16.5. The van der Waals surface area contributed by atoms with E-state index in [1.807, 2.05) is 6.07 Å². The Hall–Kier alpha value is -1.06. The molecule has 0 amide bonds. The molecule has 0 spiro atoms. The van der Waals surface area contributed by atoms with Gasteiger partial charge in [0.05, 0.1) is 6.61 Å². The van der Waals surface area contributed by atoms with Crippen LogP contribution < -0.4 is 0 Å². The molecule has 0 saturated heterocycles. The van der Waals surface area contributed by atoms with Crippen molar-refractivity contribution in [1.82, 2.24) is 0 Å². The van der Waals surface area contributed by atoms with Crippen molar-refractivity contribution < 1.29 is 14.9 Å². The third kappa shape index (κ3) is 5.01. The molecule has 0 fully saturated rings. The van der Waals surface area contributed by atoms with E-state index in [0.717, 1.165) is 11.1 Å². The van der Waals surface area contributed by atoms with Crippen LogP contribution in [0.2, 0.25) is 0 Å². The number of rotatable bonds is 5. The number of phenols is 1. The van der Waals surface area contributed by atoms with Crippen molar-refractivity contribution in [2.75, 3.05) is 13.2 Å². The third-order valence-electron chi connectivity index (χ3n) is 3.57. The van der Waals surface area contributed by atoms with Crippen molar-refractivity contribution in [3.63, 3.8) is 0 Å². The van der Waals surface area contributed by atoms with Gasteiger partial charge < -0.3 is 14.9 Å². The van der Waals surface area contributed by atoms with Gasteiger partial charge in [0.2, 0.25) is 0 Å². The molecule has 0 unspecified atom stereocenters. The quantitative estimate of drug-likeness (QED) is 0.810. The van der Waals surface area contributed by atoms with Gasteiger partial charge in [-0.15, -0.1) is 0 Å². The van der Waals surface area contributed by atoms with Gasteiger partial charge in [-0.3, -0.25) is 0 Å². The van der Waals surface area contributed by atoms with Gasteiger partial charge in [-0.05, 0) is 34.4 Å².